The van der Waals surface area contributed by atoms with E-state index in [4.69, 9.17) is 0 Å². The van der Waals surface area contributed by atoms with Crippen molar-refractivity contribution in [3.63, 3.8) is 0 Å². The maximum Gasteiger partial charge on any atom is 0.245 e. The van der Waals surface area contributed by atoms with E-state index in [0.29, 0.717) is 19.0 Å². The van der Waals surface area contributed by atoms with Crippen molar-refractivity contribution in [2.45, 2.75) is 24.3 Å². The number of halogens is 2. The normalized spacial score (nSPS) is 16.8. The zero-order valence-corrected chi connectivity index (χ0v) is 17.0. The number of pyridine rings is 1. The highest BCUT2D eigenvalue weighted by Gasteiger charge is 2.31. The van der Waals surface area contributed by atoms with Crippen molar-refractivity contribution < 1.29 is 12.8 Å². The van der Waals surface area contributed by atoms with Crippen LogP contribution in [0.25, 0.3) is 11.0 Å². The Morgan fingerprint density at radius 2 is 1.93 bits per heavy atom. The fourth-order valence-electron chi connectivity index (χ4n) is 3.60. The quantitative estimate of drug-likeness (QED) is 0.601. The molecule has 3 heterocycles. The molecule has 8 heteroatoms. The van der Waals surface area contributed by atoms with Crippen LogP contribution in [0.1, 0.15) is 12.8 Å². The van der Waals surface area contributed by atoms with Gasteiger partial charge in [-0.05, 0) is 59.0 Å². The molecule has 0 aliphatic carbocycles. The Labute approximate surface area is 166 Å². The number of rotatable bonds is 4. The maximum absolute atomic E-state index is 13.9. The van der Waals surface area contributed by atoms with Gasteiger partial charge in [0.05, 0.1) is 0 Å². The second-order valence-corrected chi connectivity index (χ2v) is 9.63. The molecule has 0 bridgehead atoms. The van der Waals surface area contributed by atoms with Gasteiger partial charge >= 0.3 is 0 Å². The van der Waals surface area contributed by atoms with E-state index in [1.807, 2.05) is 18.3 Å². The molecule has 0 N–H and O–H groups in total. The van der Waals surface area contributed by atoms with Gasteiger partial charge in [-0.15, -0.1) is 0 Å². The summed E-state index contributed by atoms with van der Waals surface area (Å²) in [5, 5.41) is 1.07. The lowest BCUT2D eigenvalue weighted by Gasteiger charge is -2.31. The highest BCUT2D eigenvalue weighted by molar-refractivity contribution is 9.10. The molecule has 0 spiro atoms. The van der Waals surface area contributed by atoms with E-state index in [2.05, 4.69) is 25.5 Å². The molecule has 4 rings (SSSR count). The van der Waals surface area contributed by atoms with E-state index < -0.39 is 15.8 Å². The number of aromatic nitrogens is 2. The first-order valence-corrected chi connectivity index (χ1v) is 11.0. The second kappa shape index (κ2) is 7.33. The first kappa shape index (κ1) is 18.6. The number of hydrogen-bond acceptors (Lipinski definition) is 3. The lowest BCUT2D eigenvalue weighted by molar-refractivity contribution is 0.254. The van der Waals surface area contributed by atoms with Crippen molar-refractivity contribution in [3.05, 3.63) is 59.1 Å². The number of hydrogen-bond donors (Lipinski definition) is 0. The van der Waals surface area contributed by atoms with E-state index >= 15 is 0 Å². The first-order valence-electron chi connectivity index (χ1n) is 8.80. The van der Waals surface area contributed by atoms with Crippen LogP contribution >= 0.6 is 15.9 Å². The third-order valence-electron chi connectivity index (χ3n) is 5.05. The lowest BCUT2D eigenvalue weighted by Crippen LogP contribution is -2.39. The van der Waals surface area contributed by atoms with Crippen LogP contribution in [0.5, 0.6) is 0 Å². The SMILES string of the molecule is O=S(=O)(c1ccccc1F)N1CCC(Cn2ccc3cc(Br)cnc32)CC1. The summed E-state index contributed by atoms with van der Waals surface area (Å²) in [7, 11) is -3.78. The van der Waals surface area contributed by atoms with E-state index in [0.717, 1.165) is 34.9 Å². The van der Waals surface area contributed by atoms with Gasteiger partial charge in [-0.25, -0.2) is 17.8 Å². The maximum atomic E-state index is 13.9. The molecule has 1 aromatic carbocycles. The third-order valence-corrected chi connectivity index (χ3v) is 7.42. The molecule has 0 saturated carbocycles. The molecule has 1 fully saturated rings. The average molecular weight is 452 g/mol. The summed E-state index contributed by atoms with van der Waals surface area (Å²) >= 11 is 3.43. The standard InChI is InChI=1S/C19H19BrFN3O2S/c20-16-11-15-7-8-23(19(15)22-12-16)13-14-5-9-24(10-6-14)27(25,26)18-4-2-1-3-17(18)21/h1-4,7-8,11-12,14H,5-6,9-10,13H2. The summed E-state index contributed by atoms with van der Waals surface area (Å²) in [4.78, 5) is 4.24. The molecule has 0 radical (unpaired) electrons. The molecule has 3 aromatic rings. The van der Waals surface area contributed by atoms with Crippen molar-refractivity contribution >= 4 is 37.0 Å². The van der Waals surface area contributed by atoms with E-state index in [1.54, 1.807) is 12.3 Å². The summed E-state index contributed by atoms with van der Waals surface area (Å²) in [6.07, 6.45) is 5.28. The molecule has 0 unspecified atom stereocenters. The highest BCUT2D eigenvalue weighted by Crippen LogP contribution is 2.27. The van der Waals surface area contributed by atoms with Crippen LogP contribution in [-0.2, 0) is 16.6 Å². The molecule has 1 aliphatic rings. The van der Waals surface area contributed by atoms with Gasteiger partial charge in [0.25, 0.3) is 0 Å². The van der Waals surface area contributed by atoms with Crippen LogP contribution < -0.4 is 0 Å². The van der Waals surface area contributed by atoms with E-state index in [1.165, 1.54) is 22.5 Å². The average Bonchev–Trinajstić information content (AvgIpc) is 3.04. The molecule has 1 aliphatic heterocycles. The van der Waals surface area contributed by atoms with Crippen LogP contribution in [0.15, 0.2) is 58.2 Å². The summed E-state index contributed by atoms with van der Waals surface area (Å²) in [5.74, 6) is -0.339. The van der Waals surface area contributed by atoms with E-state index in [-0.39, 0.29) is 4.90 Å². The van der Waals surface area contributed by atoms with Crippen molar-refractivity contribution in [1.29, 1.82) is 0 Å². The molecule has 2 aromatic heterocycles. The van der Waals surface area contributed by atoms with Gasteiger partial charge in [-0.1, -0.05) is 12.1 Å². The largest absolute Gasteiger partial charge is 0.332 e. The van der Waals surface area contributed by atoms with Crippen molar-refractivity contribution in [1.82, 2.24) is 13.9 Å². The Kier molecular flexibility index (Phi) is 5.05. The molecule has 5 nitrogen and oxygen atoms in total. The number of sulfonamides is 1. The first-order chi connectivity index (χ1) is 12.9. The molecular formula is C19H19BrFN3O2S. The predicted molar refractivity (Wildman–Crippen MR) is 105 cm³/mol. The molecule has 0 atom stereocenters. The Morgan fingerprint density at radius 1 is 1.19 bits per heavy atom. The smallest absolute Gasteiger partial charge is 0.245 e. The van der Waals surface area contributed by atoms with Crippen molar-refractivity contribution in [3.8, 4) is 0 Å². The summed E-state index contributed by atoms with van der Waals surface area (Å²) in [6.45, 7) is 1.60. The molecular weight excluding hydrogens is 433 g/mol. The summed E-state index contributed by atoms with van der Waals surface area (Å²) in [6, 6.07) is 9.61. The summed E-state index contributed by atoms with van der Waals surface area (Å²) < 4.78 is 43.8. The van der Waals surface area contributed by atoms with Gasteiger partial charge in [0.1, 0.15) is 16.4 Å². The van der Waals surface area contributed by atoms with Crippen LogP contribution in [0, 0.1) is 11.7 Å². The zero-order valence-electron chi connectivity index (χ0n) is 14.6. The minimum absolute atomic E-state index is 0.241. The zero-order chi connectivity index (χ0) is 19.0. The Morgan fingerprint density at radius 3 is 2.67 bits per heavy atom. The van der Waals surface area contributed by atoms with Crippen LogP contribution in [0.2, 0.25) is 0 Å². The Bertz CT molecular complexity index is 1080. The number of benzene rings is 1. The predicted octanol–water partition coefficient (Wildman–Crippen LogP) is 4.04. The Hall–Kier alpha value is -1.77. The van der Waals surface area contributed by atoms with Gasteiger partial charge in [0.2, 0.25) is 10.0 Å². The number of piperidine rings is 1. The minimum atomic E-state index is -3.78. The van der Waals surface area contributed by atoms with Crippen molar-refractivity contribution in [2.75, 3.05) is 13.1 Å². The topological polar surface area (TPSA) is 55.2 Å². The van der Waals surface area contributed by atoms with Gasteiger partial charge in [-0.3, -0.25) is 0 Å². The van der Waals surface area contributed by atoms with Gasteiger partial charge in [-0.2, -0.15) is 4.31 Å². The van der Waals surface area contributed by atoms with Gasteiger partial charge < -0.3 is 4.57 Å². The molecule has 142 valence electrons. The molecule has 1 saturated heterocycles. The molecule has 27 heavy (non-hydrogen) atoms. The van der Waals surface area contributed by atoms with Gasteiger partial charge in [0, 0.05) is 41.9 Å². The monoisotopic (exact) mass is 451 g/mol. The Balaban J connectivity index is 1.45. The lowest BCUT2D eigenvalue weighted by atomic mass is 9.98. The molecule has 0 amide bonds. The van der Waals surface area contributed by atoms with Crippen molar-refractivity contribution in [2.24, 2.45) is 5.92 Å². The van der Waals surface area contributed by atoms with Crippen LogP contribution in [0.3, 0.4) is 0 Å². The third kappa shape index (κ3) is 3.66. The highest BCUT2D eigenvalue weighted by atomic mass is 79.9. The second-order valence-electron chi connectivity index (χ2n) is 6.81. The van der Waals surface area contributed by atoms with Gasteiger partial charge in [0.15, 0.2) is 0 Å². The fraction of sp³-hybridized carbons (Fsp3) is 0.316. The summed E-state index contributed by atoms with van der Waals surface area (Å²) in [5.41, 5.74) is 0.930. The van der Waals surface area contributed by atoms with Crippen LogP contribution in [0.4, 0.5) is 4.39 Å². The number of nitrogens with zero attached hydrogens (tertiary/aromatic N) is 3. The number of fused-ring (bicyclic) bond motifs is 1. The fourth-order valence-corrected chi connectivity index (χ4v) is 5.49. The van der Waals surface area contributed by atoms with E-state index in [9.17, 15) is 12.8 Å². The van der Waals surface area contributed by atoms with Crippen LogP contribution in [-0.4, -0.2) is 35.4 Å². The minimum Gasteiger partial charge on any atom is -0.332 e.